The minimum atomic E-state index is -0.752. The lowest BCUT2D eigenvalue weighted by molar-refractivity contribution is -0.118. The molecule has 2 rings (SSSR count). The van der Waals surface area contributed by atoms with Crippen LogP contribution in [0, 0.1) is 5.82 Å². The van der Waals surface area contributed by atoms with Crippen LogP contribution in [-0.2, 0) is 11.3 Å². The maximum absolute atomic E-state index is 13.0. The number of benzene rings is 2. The molecular formula is C22H28FN3O5. The van der Waals surface area contributed by atoms with Crippen LogP contribution in [0.25, 0.3) is 0 Å². The molecule has 168 valence electrons. The standard InChI is InChI=1S/C22H28FN3O5/c1-5-6-17(26-22(28)24-13-14-7-9-15(23)10-8-14)21(27)25-16-11-18(29-2)20(31-4)19(12-16)30-3/h7-12,17H,5-6,13H2,1-4H3,(H,25,27)(H2,24,26,28). The summed E-state index contributed by atoms with van der Waals surface area (Å²) in [6, 6.07) is 7.76. The molecule has 1 unspecified atom stereocenters. The van der Waals surface area contributed by atoms with Gasteiger partial charge >= 0.3 is 6.03 Å². The molecule has 0 aliphatic rings. The molecule has 3 amide bonds. The predicted octanol–water partition coefficient (Wildman–Crippen LogP) is 3.46. The Balaban J connectivity index is 2.04. The minimum Gasteiger partial charge on any atom is -0.493 e. The van der Waals surface area contributed by atoms with E-state index < -0.39 is 12.1 Å². The molecule has 0 radical (unpaired) electrons. The normalized spacial score (nSPS) is 11.3. The van der Waals surface area contributed by atoms with Crippen molar-refractivity contribution < 1.29 is 28.2 Å². The third-order valence-corrected chi connectivity index (χ3v) is 4.50. The summed E-state index contributed by atoms with van der Waals surface area (Å²) in [7, 11) is 4.45. The van der Waals surface area contributed by atoms with E-state index in [-0.39, 0.29) is 18.3 Å². The van der Waals surface area contributed by atoms with Crippen LogP contribution in [-0.4, -0.2) is 39.3 Å². The maximum Gasteiger partial charge on any atom is 0.315 e. The second-order valence-corrected chi connectivity index (χ2v) is 6.70. The molecule has 0 aromatic heterocycles. The summed E-state index contributed by atoms with van der Waals surface area (Å²) in [6.45, 7) is 2.12. The number of anilines is 1. The number of hydrogen-bond donors (Lipinski definition) is 3. The number of urea groups is 1. The molecule has 0 heterocycles. The first-order valence-corrected chi connectivity index (χ1v) is 9.81. The van der Waals surface area contributed by atoms with Crippen LogP contribution in [0.4, 0.5) is 14.9 Å². The van der Waals surface area contributed by atoms with Gasteiger partial charge in [-0.3, -0.25) is 4.79 Å². The fourth-order valence-corrected chi connectivity index (χ4v) is 2.93. The fraction of sp³-hybridized carbons (Fsp3) is 0.364. The lowest BCUT2D eigenvalue weighted by Crippen LogP contribution is -2.47. The van der Waals surface area contributed by atoms with E-state index >= 15 is 0 Å². The lowest BCUT2D eigenvalue weighted by Gasteiger charge is -2.19. The van der Waals surface area contributed by atoms with Crippen LogP contribution in [0.3, 0.4) is 0 Å². The number of amides is 3. The van der Waals surface area contributed by atoms with Crippen molar-refractivity contribution in [3.63, 3.8) is 0 Å². The molecule has 0 saturated carbocycles. The summed E-state index contributed by atoms with van der Waals surface area (Å²) in [5.74, 6) is 0.475. The number of rotatable bonds is 10. The maximum atomic E-state index is 13.0. The molecule has 31 heavy (non-hydrogen) atoms. The summed E-state index contributed by atoms with van der Waals surface area (Å²) in [4.78, 5) is 25.1. The lowest BCUT2D eigenvalue weighted by atomic mass is 10.1. The summed E-state index contributed by atoms with van der Waals surface area (Å²) < 4.78 is 28.8. The molecule has 9 heteroatoms. The van der Waals surface area contributed by atoms with E-state index in [1.54, 1.807) is 24.3 Å². The summed E-state index contributed by atoms with van der Waals surface area (Å²) in [5.41, 5.74) is 1.18. The second-order valence-electron chi connectivity index (χ2n) is 6.70. The third kappa shape index (κ3) is 6.77. The van der Waals surface area contributed by atoms with Crippen molar-refractivity contribution in [3.8, 4) is 17.2 Å². The first-order chi connectivity index (χ1) is 14.9. The number of halogens is 1. The Morgan fingerprint density at radius 2 is 1.61 bits per heavy atom. The van der Waals surface area contributed by atoms with Crippen molar-refractivity contribution in [1.29, 1.82) is 0 Å². The smallest absolute Gasteiger partial charge is 0.315 e. The fourth-order valence-electron chi connectivity index (χ4n) is 2.93. The number of carbonyl (C=O) groups is 2. The summed E-state index contributed by atoms with van der Waals surface area (Å²) in [5, 5.41) is 8.12. The highest BCUT2D eigenvalue weighted by atomic mass is 19.1. The van der Waals surface area contributed by atoms with Gasteiger partial charge in [-0.1, -0.05) is 25.5 Å². The largest absolute Gasteiger partial charge is 0.493 e. The molecule has 0 saturated heterocycles. The van der Waals surface area contributed by atoms with Crippen LogP contribution < -0.4 is 30.2 Å². The number of carbonyl (C=O) groups excluding carboxylic acids is 2. The van der Waals surface area contributed by atoms with E-state index in [9.17, 15) is 14.0 Å². The topological polar surface area (TPSA) is 97.9 Å². The average molecular weight is 433 g/mol. The number of hydrogen-bond acceptors (Lipinski definition) is 5. The summed E-state index contributed by atoms with van der Waals surface area (Å²) in [6.07, 6.45) is 1.13. The molecule has 0 aliphatic carbocycles. The Morgan fingerprint density at radius 3 is 2.13 bits per heavy atom. The van der Waals surface area contributed by atoms with E-state index in [1.165, 1.54) is 33.5 Å². The molecule has 0 fully saturated rings. The highest BCUT2D eigenvalue weighted by molar-refractivity contribution is 5.97. The molecular weight excluding hydrogens is 405 g/mol. The van der Waals surface area contributed by atoms with E-state index in [0.29, 0.717) is 35.8 Å². The third-order valence-electron chi connectivity index (χ3n) is 4.50. The van der Waals surface area contributed by atoms with Crippen molar-refractivity contribution in [2.45, 2.75) is 32.4 Å². The van der Waals surface area contributed by atoms with Gasteiger partial charge in [-0.05, 0) is 24.1 Å². The van der Waals surface area contributed by atoms with Crippen LogP contribution >= 0.6 is 0 Å². The number of methoxy groups -OCH3 is 3. The molecule has 2 aromatic rings. The molecule has 0 bridgehead atoms. The second kappa shape index (κ2) is 11.6. The van der Waals surface area contributed by atoms with E-state index in [0.717, 1.165) is 5.56 Å². The quantitative estimate of drug-likeness (QED) is 0.533. The van der Waals surface area contributed by atoms with Gasteiger partial charge in [0, 0.05) is 24.4 Å². The van der Waals surface area contributed by atoms with Crippen molar-refractivity contribution in [1.82, 2.24) is 10.6 Å². The van der Waals surface area contributed by atoms with Gasteiger partial charge in [0.1, 0.15) is 11.9 Å². The highest BCUT2D eigenvalue weighted by Gasteiger charge is 2.21. The van der Waals surface area contributed by atoms with E-state index in [2.05, 4.69) is 16.0 Å². The zero-order chi connectivity index (χ0) is 22.8. The van der Waals surface area contributed by atoms with Gasteiger partial charge in [0.15, 0.2) is 11.5 Å². The highest BCUT2D eigenvalue weighted by Crippen LogP contribution is 2.39. The number of nitrogens with one attached hydrogen (secondary N) is 3. The van der Waals surface area contributed by atoms with E-state index in [1.807, 2.05) is 6.92 Å². The Hall–Kier alpha value is -3.49. The molecule has 2 aromatic carbocycles. The van der Waals surface area contributed by atoms with Gasteiger partial charge < -0.3 is 30.2 Å². The Kier molecular flexibility index (Phi) is 8.93. The monoisotopic (exact) mass is 433 g/mol. The van der Waals surface area contributed by atoms with Crippen molar-refractivity contribution in [2.24, 2.45) is 0 Å². The van der Waals surface area contributed by atoms with Crippen LogP contribution in [0.2, 0.25) is 0 Å². The first-order valence-electron chi connectivity index (χ1n) is 9.81. The molecule has 0 aliphatic heterocycles. The molecule has 3 N–H and O–H groups in total. The van der Waals surface area contributed by atoms with Crippen LogP contribution in [0.5, 0.6) is 17.2 Å². The zero-order valence-corrected chi connectivity index (χ0v) is 18.1. The molecule has 1 atom stereocenters. The van der Waals surface area contributed by atoms with Gasteiger partial charge in [-0.2, -0.15) is 0 Å². The van der Waals surface area contributed by atoms with Gasteiger partial charge in [-0.25, -0.2) is 9.18 Å². The van der Waals surface area contributed by atoms with Crippen molar-refractivity contribution >= 4 is 17.6 Å². The van der Waals surface area contributed by atoms with Crippen molar-refractivity contribution in [2.75, 3.05) is 26.6 Å². The average Bonchev–Trinajstić information content (AvgIpc) is 2.77. The van der Waals surface area contributed by atoms with Crippen molar-refractivity contribution in [3.05, 3.63) is 47.8 Å². The summed E-state index contributed by atoms with van der Waals surface area (Å²) >= 11 is 0. The number of ether oxygens (including phenoxy) is 3. The van der Waals surface area contributed by atoms with Gasteiger partial charge in [0.2, 0.25) is 11.7 Å². The molecule has 8 nitrogen and oxygen atoms in total. The predicted molar refractivity (Wildman–Crippen MR) is 115 cm³/mol. The van der Waals surface area contributed by atoms with Crippen LogP contribution in [0.15, 0.2) is 36.4 Å². The van der Waals surface area contributed by atoms with Gasteiger partial charge in [0.25, 0.3) is 0 Å². The Morgan fingerprint density at radius 1 is 1.00 bits per heavy atom. The van der Waals surface area contributed by atoms with Gasteiger partial charge in [-0.15, -0.1) is 0 Å². The molecule has 0 spiro atoms. The Bertz CT molecular complexity index is 864. The zero-order valence-electron chi connectivity index (χ0n) is 18.1. The Labute approximate surface area is 181 Å². The van der Waals surface area contributed by atoms with E-state index in [4.69, 9.17) is 14.2 Å². The van der Waals surface area contributed by atoms with Gasteiger partial charge in [0.05, 0.1) is 21.3 Å². The van der Waals surface area contributed by atoms with Crippen LogP contribution in [0.1, 0.15) is 25.3 Å². The minimum absolute atomic E-state index is 0.208. The first kappa shape index (κ1) is 23.8. The SMILES string of the molecule is CCCC(NC(=O)NCc1ccc(F)cc1)C(=O)Nc1cc(OC)c(OC)c(OC)c1.